The maximum Gasteiger partial charge on any atom is 0.410 e. The first-order valence-corrected chi connectivity index (χ1v) is 12.0. The quantitative estimate of drug-likeness (QED) is 0.588. The number of rotatable bonds is 7. The fraction of sp³-hybridized carbons (Fsp3) is 0.538. The van der Waals surface area contributed by atoms with Crippen LogP contribution in [-0.4, -0.2) is 70.2 Å². The van der Waals surface area contributed by atoms with Crippen molar-refractivity contribution in [3.8, 4) is 17.1 Å². The molecule has 2 amide bonds. The van der Waals surface area contributed by atoms with E-state index in [-0.39, 0.29) is 12.0 Å². The lowest BCUT2D eigenvalue weighted by Gasteiger charge is -2.33. The Morgan fingerprint density at radius 1 is 1.00 bits per heavy atom. The van der Waals surface area contributed by atoms with Gasteiger partial charge in [-0.3, -0.25) is 4.79 Å². The molecule has 34 heavy (non-hydrogen) atoms. The Bertz CT molecular complexity index is 942. The lowest BCUT2D eigenvalue weighted by Crippen LogP contribution is -2.42. The van der Waals surface area contributed by atoms with Crippen LogP contribution in [0.5, 0.6) is 6.01 Å². The number of amides is 2. The summed E-state index contributed by atoms with van der Waals surface area (Å²) in [5.41, 5.74) is 1.99. The van der Waals surface area contributed by atoms with Gasteiger partial charge in [-0.15, -0.1) is 0 Å². The van der Waals surface area contributed by atoms with Crippen LogP contribution in [-0.2, 0) is 4.74 Å². The Kier molecular flexibility index (Phi) is 8.47. The van der Waals surface area contributed by atoms with E-state index in [1.807, 2.05) is 58.9 Å². The van der Waals surface area contributed by atoms with Crippen LogP contribution in [0.25, 0.3) is 11.1 Å². The van der Waals surface area contributed by atoms with E-state index in [9.17, 15) is 9.59 Å². The lowest BCUT2D eigenvalue weighted by atomic mass is 9.98. The molecular weight excluding hydrogens is 432 g/mol. The molecule has 1 fully saturated rings. The average Bonchev–Trinajstić information content (AvgIpc) is 2.83. The van der Waals surface area contributed by atoms with Gasteiger partial charge in [-0.1, -0.05) is 12.1 Å². The molecule has 0 aliphatic carbocycles. The van der Waals surface area contributed by atoms with Crippen molar-refractivity contribution >= 4 is 12.0 Å². The van der Waals surface area contributed by atoms with E-state index in [1.165, 1.54) is 0 Å². The molecule has 0 unspecified atom stereocenters. The van der Waals surface area contributed by atoms with Crippen molar-refractivity contribution in [3.05, 3.63) is 42.2 Å². The summed E-state index contributed by atoms with van der Waals surface area (Å²) >= 11 is 0. The van der Waals surface area contributed by atoms with E-state index < -0.39 is 5.60 Å². The number of carbonyl (C=O) groups excluding carboxylic acids is 2. The molecule has 0 N–H and O–H groups in total. The molecule has 184 valence electrons. The van der Waals surface area contributed by atoms with Crippen molar-refractivity contribution < 1.29 is 19.1 Å². The molecule has 1 aromatic carbocycles. The van der Waals surface area contributed by atoms with Gasteiger partial charge in [0.25, 0.3) is 5.91 Å². The van der Waals surface area contributed by atoms with Gasteiger partial charge in [0.05, 0.1) is 6.61 Å². The summed E-state index contributed by atoms with van der Waals surface area (Å²) in [5.74, 6) is 0.381. The third kappa shape index (κ3) is 6.92. The Labute approximate surface area is 202 Å². The molecule has 1 saturated heterocycles. The van der Waals surface area contributed by atoms with Gasteiger partial charge in [0.2, 0.25) is 0 Å². The van der Waals surface area contributed by atoms with Gasteiger partial charge in [-0.25, -0.2) is 14.8 Å². The normalized spacial score (nSPS) is 14.6. The minimum Gasteiger partial charge on any atom is -0.463 e. The lowest BCUT2D eigenvalue weighted by molar-refractivity contribution is 0.0163. The zero-order valence-electron chi connectivity index (χ0n) is 20.9. The van der Waals surface area contributed by atoms with Crippen molar-refractivity contribution in [1.29, 1.82) is 0 Å². The van der Waals surface area contributed by atoms with E-state index in [2.05, 4.69) is 9.97 Å². The van der Waals surface area contributed by atoms with Crippen LogP contribution < -0.4 is 4.74 Å². The Morgan fingerprint density at radius 2 is 1.59 bits per heavy atom. The molecule has 1 aliphatic rings. The second-order valence-electron chi connectivity index (χ2n) is 9.53. The number of likely N-dealkylation sites (tertiary alicyclic amines) is 1. The maximum atomic E-state index is 12.5. The maximum absolute atomic E-state index is 12.5. The topological polar surface area (TPSA) is 84.9 Å². The third-order valence-corrected chi connectivity index (χ3v) is 5.86. The van der Waals surface area contributed by atoms with Gasteiger partial charge in [-0.05, 0) is 71.1 Å². The second kappa shape index (κ2) is 11.3. The van der Waals surface area contributed by atoms with E-state index in [4.69, 9.17) is 9.47 Å². The average molecular weight is 469 g/mol. The number of benzene rings is 1. The summed E-state index contributed by atoms with van der Waals surface area (Å²) in [6, 6.07) is 7.84. The van der Waals surface area contributed by atoms with Crippen molar-refractivity contribution in [1.82, 2.24) is 19.8 Å². The van der Waals surface area contributed by atoms with Crippen molar-refractivity contribution in [2.45, 2.75) is 53.1 Å². The molecule has 8 nitrogen and oxygen atoms in total. The first-order chi connectivity index (χ1) is 16.2. The molecule has 0 bridgehead atoms. The SMILES string of the molecule is CCN(CC)C(=O)c1ccc(-c2cnc(OCC3CCN(C(=O)OC(C)(C)C)CC3)nc2)cc1. The predicted octanol–water partition coefficient (Wildman–Crippen LogP) is 4.65. The van der Waals surface area contributed by atoms with Crippen molar-refractivity contribution in [2.75, 3.05) is 32.8 Å². The molecule has 0 spiro atoms. The molecule has 0 saturated carbocycles. The summed E-state index contributed by atoms with van der Waals surface area (Å²) < 4.78 is 11.3. The van der Waals surface area contributed by atoms with Crippen LogP contribution in [0.15, 0.2) is 36.7 Å². The fourth-order valence-electron chi connectivity index (χ4n) is 3.84. The summed E-state index contributed by atoms with van der Waals surface area (Å²) in [5, 5.41) is 0. The van der Waals surface area contributed by atoms with Crippen LogP contribution >= 0.6 is 0 Å². The van der Waals surface area contributed by atoms with Gasteiger partial charge in [0.15, 0.2) is 0 Å². The Hall–Kier alpha value is -3.16. The predicted molar refractivity (Wildman–Crippen MR) is 131 cm³/mol. The number of hydrogen-bond acceptors (Lipinski definition) is 6. The number of hydrogen-bond donors (Lipinski definition) is 0. The minimum atomic E-state index is -0.481. The van der Waals surface area contributed by atoms with Crippen LogP contribution in [0.3, 0.4) is 0 Å². The van der Waals surface area contributed by atoms with Crippen LogP contribution in [0.4, 0.5) is 4.79 Å². The van der Waals surface area contributed by atoms with Gasteiger partial charge in [0.1, 0.15) is 5.60 Å². The van der Waals surface area contributed by atoms with Crippen molar-refractivity contribution in [3.63, 3.8) is 0 Å². The molecule has 0 radical (unpaired) electrons. The largest absolute Gasteiger partial charge is 0.463 e. The number of carbonyl (C=O) groups is 2. The fourth-order valence-corrected chi connectivity index (χ4v) is 3.84. The van der Waals surface area contributed by atoms with Gasteiger partial charge in [-0.2, -0.15) is 0 Å². The number of nitrogens with zero attached hydrogens (tertiary/aromatic N) is 4. The standard InChI is InChI=1S/C26H36N4O4/c1-6-29(7-2)23(31)21-10-8-20(9-11-21)22-16-27-24(28-17-22)33-18-19-12-14-30(15-13-19)25(32)34-26(3,4)5/h8-11,16-17,19H,6-7,12-15,18H2,1-5H3. The Balaban J connectivity index is 1.48. The molecule has 2 heterocycles. The molecule has 1 aliphatic heterocycles. The monoisotopic (exact) mass is 468 g/mol. The Morgan fingerprint density at radius 3 is 2.12 bits per heavy atom. The smallest absolute Gasteiger partial charge is 0.410 e. The number of piperidine rings is 1. The van der Waals surface area contributed by atoms with Crippen LogP contribution in [0.2, 0.25) is 0 Å². The third-order valence-electron chi connectivity index (χ3n) is 5.86. The highest BCUT2D eigenvalue weighted by molar-refractivity contribution is 5.94. The minimum absolute atomic E-state index is 0.0356. The van der Waals surface area contributed by atoms with E-state index in [1.54, 1.807) is 22.2 Å². The first-order valence-electron chi connectivity index (χ1n) is 12.0. The van der Waals surface area contributed by atoms with E-state index >= 15 is 0 Å². The zero-order chi connectivity index (χ0) is 24.7. The molecule has 2 aromatic rings. The highest BCUT2D eigenvalue weighted by Crippen LogP contribution is 2.22. The summed E-state index contributed by atoms with van der Waals surface area (Å²) in [4.78, 5) is 36.9. The highest BCUT2D eigenvalue weighted by Gasteiger charge is 2.27. The van der Waals surface area contributed by atoms with E-state index in [0.29, 0.717) is 50.3 Å². The number of ether oxygens (including phenoxy) is 2. The highest BCUT2D eigenvalue weighted by atomic mass is 16.6. The van der Waals surface area contributed by atoms with Crippen molar-refractivity contribution in [2.24, 2.45) is 5.92 Å². The van der Waals surface area contributed by atoms with Gasteiger partial charge in [0, 0.05) is 49.7 Å². The molecule has 0 atom stereocenters. The summed E-state index contributed by atoms with van der Waals surface area (Å²) in [6.45, 7) is 12.8. The van der Waals surface area contributed by atoms with Gasteiger partial charge >= 0.3 is 12.1 Å². The number of aromatic nitrogens is 2. The van der Waals surface area contributed by atoms with E-state index in [0.717, 1.165) is 24.0 Å². The summed E-state index contributed by atoms with van der Waals surface area (Å²) in [6.07, 6.45) is 4.92. The van der Waals surface area contributed by atoms with Crippen LogP contribution in [0.1, 0.15) is 57.8 Å². The van der Waals surface area contributed by atoms with Gasteiger partial charge < -0.3 is 19.3 Å². The molecule has 1 aromatic heterocycles. The second-order valence-corrected chi connectivity index (χ2v) is 9.53. The molecular formula is C26H36N4O4. The molecule has 3 rings (SSSR count). The zero-order valence-corrected chi connectivity index (χ0v) is 20.9. The summed E-state index contributed by atoms with van der Waals surface area (Å²) in [7, 11) is 0. The molecule has 8 heteroatoms. The van der Waals surface area contributed by atoms with Crippen LogP contribution in [0, 0.1) is 5.92 Å². The first kappa shape index (κ1) is 25.5.